The van der Waals surface area contributed by atoms with E-state index in [9.17, 15) is 0 Å². The third-order valence-corrected chi connectivity index (χ3v) is 4.25. The molecule has 3 rings (SSSR count). The summed E-state index contributed by atoms with van der Waals surface area (Å²) in [6.07, 6.45) is 0. The summed E-state index contributed by atoms with van der Waals surface area (Å²) in [7, 11) is 0. The van der Waals surface area contributed by atoms with Gasteiger partial charge in [-0.2, -0.15) is 0 Å². The molecule has 3 aromatic carbocycles. The van der Waals surface area contributed by atoms with E-state index in [2.05, 4.69) is 38.1 Å². The van der Waals surface area contributed by atoms with E-state index in [4.69, 9.17) is 15.2 Å². The normalized spacial score (nSPS) is 10.6. The maximum Gasteiger partial charge on any atom is 0.162 e. The van der Waals surface area contributed by atoms with Crippen molar-refractivity contribution in [1.29, 1.82) is 0 Å². The van der Waals surface area contributed by atoms with Gasteiger partial charge in [0.15, 0.2) is 11.5 Å². The van der Waals surface area contributed by atoms with E-state index >= 15 is 0 Å². The van der Waals surface area contributed by atoms with Crippen molar-refractivity contribution in [1.82, 2.24) is 0 Å². The lowest BCUT2D eigenvalue weighted by Crippen LogP contribution is -2.11. The summed E-state index contributed by atoms with van der Waals surface area (Å²) < 4.78 is 11.8. The van der Waals surface area contributed by atoms with Gasteiger partial charge in [-0.1, -0.05) is 60.2 Å². The molecule has 0 aliphatic heterocycles. The summed E-state index contributed by atoms with van der Waals surface area (Å²) in [4.78, 5) is 0. The van der Waals surface area contributed by atoms with Crippen LogP contribution >= 0.6 is 0 Å². The number of hydrogen-bond acceptors (Lipinski definition) is 3. The van der Waals surface area contributed by atoms with Gasteiger partial charge in [-0.05, 0) is 48.2 Å². The second-order valence-electron chi connectivity index (χ2n) is 6.39. The standard InChI is InChI=1S/C23H25NO2/c1-17-8-10-21(18(2)14-17)20-9-11-22(25-13-12-24)23(15-20)26-16-19-6-4-3-5-7-19/h3-11,14-15H,12-13,16,24H2,1-2H3. The molecule has 0 saturated carbocycles. The van der Waals surface area contributed by atoms with Crippen molar-refractivity contribution in [3.8, 4) is 22.6 Å². The van der Waals surface area contributed by atoms with Gasteiger partial charge in [-0.15, -0.1) is 0 Å². The monoisotopic (exact) mass is 347 g/mol. The fraction of sp³-hybridized carbons (Fsp3) is 0.217. The minimum atomic E-state index is 0.463. The molecule has 134 valence electrons. The Morgan fingerprint density at radius 3 is 2.35 bits per heavy atom. The molecule has 0 fully saturated rings. The van der Waals surface area contributed by atoms with Crippen LogP contribution in [0.5, 0.6) is 11.5 Å². The van der Waals surface area contributed by atoms with Gasteiger partial charge in [-0.3, -0.25) is 0 Å². The third-order valence-electron chi connectivity index (χ3n) is 4.25. The molecule has 0 unspecified atom stereocenters. The topological polar surface area (TPSA) is 44.5 Å². The minimum absolute atomic E-state index is 0.463. The van der Waals surface area contributed by atoms with Crippen LogP contribution in [-0.2, 0) is 6.61 Å². The fourth-order valence-corrected chi connectivity index (χ4v) is 2.95. The molecule has 0 heterocycles. The van der Waals surface area contributed by atoms with E-state index in [0.717, 1.165) is 22.6 Å². The van der Waals surface area contributed by atoms with E-state index in [1.54, 1.807) is 0 Å². The zero-order valence-corrected chi connectivity index (χ0v) is 15.4. The van der Waals surface area contributed by atoms with Crippen LogP contribution in [0.25, 0.3) is 11.1 Å². The summed E-state index contributed by atoms with van der Waals surface area (Å²) >= 11 is 0. The molecule has 0 atom stereocenters. The first-order valence-corrected chi connectivity index (χ1v) is 8.88. The summed E-state index contributed by atoms with van der Waals surface area (Å²) in [6, 6.07) is 22.7. The smallest absolute Gasteiger partial charge is 0.162 e. The highest BCUT2D eigenvalue weighted by Gasteiger charge is 2.10. The lowest BCUT2D eigenvalue weighted by atomic mass is 9.98. The Balaban J connectivity index is 1.90. The van der Waals surface area contributed by atoms with Crippen LogP contribution in [-0.4, -0.2) is 13.2 Å². The van der Waals surface area contributed by atoms with Gasteiger partial charge in [-0.25, -0.2) is 0 Å². The van der Waals surface area contributed by atoms with E-state index in [1.807, 2.05) is 42.5 Å². The van der Waals surface area contributed by atoms with Crippen molar-refractivity contribution in [2.75, 3.05) is 13.2 Å². The maximum atomic E-state index is 6.08. The van der Waals surface area contributed by atoms with Gasteiger partial charge in [0.25, 0.3) is 0 Å². The molecule has 0 aliphatic carbocycles. The van der Waals surface area contributed by atoms with E-state index in [1.165, 1.54) is 16.7 Å². The van der Waals surface area contributed by atoms with Crippen LogP contribution < -0.4 is 15.2 Å². The lowest BCUT2D eigenvalue weighted by Gasteiger charge is -2.15. The van der Waals surface area contributed by atoms with Gasteiger partial charge in [0.2, 0.25) is 0 Å². The van der Waals surface area contributed by atoms with Gasteiger partial charge in [0.1, 0.15) is 13.2 Å². The number of aryl methyl sites for hydroxylation is 2. The first kappa shape index (κ1) is 18.0. The molecule has 0 saturated heterocycles. The van der Waals surface area contributed by atoms with Gasteiger partial charge in [0.05, 0.1) is 0 Å². The van der Waals surface area contributed by atoms with E-state index in [-0.39, 0.29) is 0 Å². The van der Waals surface area contributed by atoms with E-state index in [0.29, 0.717) is 19.8 Å². The zero-order chi connectivity index (χ0) is 18.4. The van der Waals surface area contributed by atoms with Crippen molar-refractivity contribution in [2.45, 2.75) is 20.5 Å². The van der Waals surface area contributed by atoms with Crippen LogP contribution in [0.4, 0.5) is 0 Å². The van der Waals surface area contributed by atoms with Crippen molar-refractivity contribution in [3.05, 3.63) is 83.4 Å². The van der Waals surface area contributed by atoms with Gasteiger partial charge < -0.3 is 15.2 Å². The maximum absolute atomic E-state index is 6.08. The molecule has 2 N–H and O–H groups in total. The van der Waals surface area contributed by atoms with Crippen molar-refractivity contribution in [2.24, 2.45) is 5.73 Å². The summed E-state index contributed by atoms with van der Waals surface area (Å²) in [5, 5.41) is 0. The van der Waals surface area contributed by atoms with Crippen LogP contribution in [0.3, 0.4) is 0 Å². The Hall–Kier alpha value is -2.78. The van der Waals surface area contributed by atoms with Gasteiger partial charge in [0, 0.05) is 6.54 Å². The van der Waals surface area contributed by atoms with Crippen molar-refractivity contribution < 1.29 is 9.47 Å². The number of ether oxygens (including phenoxy) is 2. The molecule has 3 aromatic rings. The van der Waals surface area contributed by atoms with Crippen LogP contribution in [0.1, 0.15) is 16.7 Å². The first-order valence-electron chi connectivity index (χ1n) is 8.88. The van der Waals surface area contributed by atoms with Gasteiger partial charge >= 0.3 is 0 Å². The predicted octanol–water partition coefficient (Wildman–Crippen LogP) is 4.89. The fourth-order valence-electron chi connectivity index (χ4n) is 2.95. The highest BCUT2D eigenvalue weighted by Crippen LogP contribution is 2.34. The molecule has 26 heavy (non-hydrogen) atoms. The third kappa shape index (κ3) is 4.44. The Morgan fingerprint density at radius 1 is 0.808 bits per heavy atom. The molecule has 0 radical (unpaired) electrons. The van der Waals surface area contributed by atoms with Crippen LogP contribution in [0.2, 0.25) is 0 Å². The number of benzene rings is 3. The minimum Gasteiger partial charge on any atom is -0.488 e. The molecule has 0 spiro atoms. The molecule has 0 bridgehead atoms. The van der Waals surface area contributed by atoms with Crippen LogP contribution in [0.15, 0.2) is 66.7 Å². The molecule has 0 amide bonds. The molecule has 0 aliphatic rings. The Labute approximate surface area is 155 Å². The molecule has 3 heteroatoms. The summed E-state index contributed by atoms with van der Waals surface area (Å²) in [5.41, 5.74) is 11.5. The Morgan fingerprint density at radius 2 is 1.62 bits per heavy atom. The van der Waals surface area contributed by atoms with Crippen molar-refractivity contribution in [3.63, 3.8) is 0 Å². The largest absolute Gasteiger partial charge is 0.488 e. The molecular formula is C23H25NO2. The Bertz CT molecular complexity index is 859. The summed E-state index contributed by atoms with van der Waals surface area (Å²) in [6.45, 7) is 5.66. The van der Waals surface area contributed by atoms with Crippen molar-refractivity contribution >= 4 is 0 Å². The Kier molecular flexibility index (Phi) is 5.92. The highest BCUT2D eigenvalue weighted by atomic mass is 16.5. The van der Waals surface area contributed by atoms with E-state index < -0.39 is 0 Å². The average Bonchev–Trinajstić information content (AvgIpc) is 2.66. The zero-order valence-electron chi connectivity index (χ0n) is 15.4. The SMILES string of the molecule is Cc1ccc(-c2ccc(OCCN)c(OCc3ccccc3)c2)c(C)c1. The number of nitrogens with two attached hydrogens (primary N) is 1. The number of hydrogen-bond donors (Lipinski definition) is 1. The predicted molar refractivity (Wildman–Crippen MR) is 107 cm³/mol. The molecule has 3 nitrogen and oxygen atoms in total. The molecular weight excluding hydrogens is 322 g/mol. The second kappa shape index (κ2) is 8.54. The highest BCUT2D eigenvalue weighted by molar-refractivity contribution is 5.70. The average molecular weight is 347 g/mol. The lowest BCUT2D eigenvalue weighted by molar-refractivity contribution is 0.266. The second-order valence-corrected chi connectivity index (χ2v) is 6.39. The first-order chi connectivity index (χ1) is 12.7. The van der Waals surface area contributed by atoms with Crippen LogP contribution in [0, 0.1) is 13.8 Å². The summed E-state index contributed by atoms with van der Waals surface area (Å²) in [5.74, 6) is 1.46. The number of rotatable bonds is 7. The molecule has 0 aromatic heterocycles. The quantitative estimate of drug-likeness (QED) is 0.662.